The van der Waals surface area contributed by atoms with E-state index in [2.05, 4.69) is 142 Å². The molecule has 0 fully saturated rings. The topological polar surface area (TPSA) is 0 Å². The van der Waals surface area contributed by atoms with Gasteiger partial charge in [-0.05, 0) is 89.4 Å². The van der Waals surface area contributed by atoms with Crippen molar-refractivity contribution in [2.45, 2.75) is 33.4 Å². The van der Waals surface area contributed by atoms with Gasteiger partial charge in [0.25, 0.3) is 0 Å². The van der Waals surface area contributed by atoms with Crippen molar-refractivity contribution >= 4 is 18.5 Å². The Balaban J connectivity index is 1.70. The third-order valence-electron chi connectivity index (χ3n) is 7.03. The molecule has 0 atom stereocenters. The lowest BCUT2D eigenvalue weighted by atomic mass is 9.90. The highest BCUT2D eigenvalue weighted by atomic mass is 31.1. The summed E-state index contributed by atoms with van der Waals surface area (Å²) in [5.41, 5.74) is 10.9. The molecule has 0 saturated heterocycles. The lowest BCUT2D eigenvalue weighted by molar-refractivity contribution is 1.10. The van der Waals surface area contributed by atoms with Crippen LogP contribution in [0.2, 0.25) is 0 Å². The molecule has 0 saturated carbocycles. The maximum Gasteiger partial charge on any atom is 0.00106 e. The summed E-state index contributed by atoms with van der Waals surface area (Å²) >= 11 is 0. The first-order valence-corrected chi connectivity index (χ1v) is 14.3. The van der Waals surface area contributed by atoms with Crippen LogP contribution >= 0.6 is 7.92 Å². The first-order chi connectivity index (χ1) is 17.7. The van der Waals surface area contributed by atoms with Crippen LogP contribution < -0.4 is 10.6 Å². The Bertz CT molecular complexity index is 1410. The molecule has 0 aromatic heterocycles. The molecule has 0 unspecified atom stereocenters. The predicted molar refractivity (Wildman–Crippen MR) is 159 cm³/mol. The molecule has 0 spiro atoms. The van der Waals surface area contributed by atoms with E-state index in [0.717, 1.165) is 12.6 Å². The highest BCUT2D eigenvalue weighted by molar-refractivity contribution is 7.72. The molecule has 0 N–H and O–H groups in total. The molecule has 0 radical (unpaired) electrons. The number of aryl methyl sites for hydroxylation is 3. The van der Waals surface area contributed by atoms with E-state index in [4.69, 9.17) is 0 Å². The van der Waals surface area contributed by atoms with E-state index < -0.39 is 7.92 Å². The molecule has 0 bridgehead atoms. The number of benzene rings is 5. The standard InChI is InChI=1S/C35H33P/c1-4-28-23-32(29-17-7-5-8-18-29)33(30-19-9-6-10-20-30)24-31(28)25-36(34-21-13-11-15-26(34)2)35-22-14-12-16-27(35)3/h5-24H,4,25H2,1-3H3. The first kappa shape index (κ1) is 24.2. The normalized spacial score (nSPS) is 11.1. The van der Waals surface area contributed by atoms with Crippen molar-refractivity contribution in [3.63, 3.8) is 0 Å². The Morgan fingerprint density at radius 3 is 1.36 bits per heavy atom. The number of rotatable bonds is 7. The molecule has 1 heteroatoms. The van der Waals surface area contributed by atoms with Crippen molar-refractivity contribution in [1.29, 1.82) is 0 Å². The summed E-state index contributed by atoms with van der Waals surface area (Å²) in [7, 11) is -0.536. The molecule has 0 amide bonds. The van der Waals surface area contributed by atoms with Crippen LogP contribution in [0.1, 0.15) is 29.2 Å². The van der Waals surface area contributed by atoms with Crippen molar-refractivity contribution in [2.24, 2.45) is 0 Å². The lowest BCUT2D eigenvalue weighted by Crippen LogP contribution is -2.18. The van der Waals surface area contributed by atoms with Gasteiger partial charge in [0, 0.05) is 6.16 Å². The lowest BCUT2D eigenvalue weighted by Gasteiger charge is -2.25. The minimum atomic E-state index is -0.536. The number of hydrogen-bond donors (Lipinski definition) is 0. The maximum absolute atomic E-state index is 2.49. The smallest absolute Gasteiger partial charge is 0.00106 e. The van der Waals surface area contributed by atoms with Crippen LogP contribution in [-0.4, -0.2) is 0 Å². The summed E-state index contributed by atoms with van der Waals surface area (Å²) in [6, 6.07) is 44.6. The third kappa shape index (κ3) is 5.06. The van der Waals surface area contributed by atoms with E-state index in [1.807, 2.05) is 0 Å². The quantitative estimate of drug-likeness (QED) is 0.202. The molecular formula is C35H33P. The molecule has 5 rings (SSSR count). The van der Waals surface area contributed by atoms with Crippen molar-refractivity contribution < 1.29 is 0 Å². The van der Waals surface area contributed by atoms with E-state index in [1.165, 1.54) is 55.1 Å². The van der Waals surface area contributed by atoms with Gasteiger partial charge in [-0.1, -0.05) is 122 Å². The predicted octanol–water partition coefficient (Wildman–Crippen LogP) is 8.83. The average Bonchev–Trinajstić information content (AvgIpc) is 2.93. The Labute approximate surface area is 217 Å². The van der Waals surface area contributed by atoms with Crippen LogP contribution in [0.3, 0.4) is 0 Å². The van der Waals surface area contributed by atoms with Crippen LogP contribution in [-0.2, 0) is 12.6 Å². The summed E-state index contributed by atoms with van der Waals surface area (Å²) in [5.74, 6) is 0. The first-order valence-electron chi connectivity index (χ1n) is 12.8. The fraction of sp³-hybridized carbons (Fsp3) is 0.143. The SMILES string of the molecule is CCc1cc(-c2ccccc2)c(-c2ccccc2)cc1CP(c1ccccc1C)c1ccccc1C. The van der Waals surface area contributed by atoms with Crippen LogP contribution in [0.15, 0.2) is 121 Å². The third-order valence-corrected chi connectivity index (χ3v) is 9.85. The second-order valence-electron chi connectivity index (χ2n) is 9.41. The minimum Gasteiger partial charge on any atom is -0.0622 e. The zero-order valence-corrected chi connectivity index (χ0v) is 22.3. The molecule has 178 valence electrons. The van der Waals surface area contributed by atoms with Crippen molar-refractivity contribution in [3.05, 3.63) is 144 Å². The van der Waals surface area contributed by atoms with Crippen LogP contribution in [0.4, 0.5) is 0 Å². The van der Waals surface area contributed by atoms with E-state index in [1.54, 1.807) is 0 Å². The molecular weight excluding hydrogens is 451 g/mol. The Morgan fingerprint density at radius 1 is 0.500 bits per heavy atom. The van der Waals surface area contributed by atoms with E-state index in [9.17, 15) is 0 Å². The van der Waals surface area contributed by atoms with Gasteiger partial charge in [0.2, 0.25) is 0 Å². The average molecular weight is 485 g/mol. The summed E-state index contributed by atoms with van der Waals surface area (Å²) < 4.78 is 0. The van der Waals surface area contributed by atoms with Crippen molar-refractivity contribution in [1.82, 2.24) is 0 Å². The fourth-order valence-electron chi connectivity index (χ4n) is 5.08. The van der Waals surface area contributed by atoms with Gasteiger partial charge in [0.1, 0.15) is 0 Å². The van der Waals surface area contributed by atoms with Gasteiger partial charge in [-0.2, -0.15) is 0 Å². The summed E-state index contributed by atoms with van der Waals surface area (Å²) in [6.45, 7) is 6.81. The molecule has 5 aromatic carbocycles. The summed E-state index contributed by atoms with van der Waals surface area (Å²) in [6.07, 6.45) is 2.07. The Morgan fingerprint density at radius 2 is 0.917 bits per heavy atom. The highest BCUT2D eigenvalue weighted by Gasteiger charge is 2.21. The van der Waals surface area contributed by atoms with Crippen LogP contribution in [0.5, 0.6) is 0 Å². The highest BCUT2D eigenvalue weighted by Crippen LogP contribution is 2.43. The number of hydrogen-bond acceptors (Lipinski definition) is 0. The van der Waals surface area contributed by atoms with Gasteiger partial charge in [-0.15, -0.1) is 0 Å². The second-order valence-corrected chi connectivity index (χ2v) is 11.5. The summed E-state index contributed by atoms with van der Waals surface area (Å²) in [5, 5.41) is 2.97. The molecule has 0 aliphatic heterocycles. The van der Waals surface area contributed by atoms with Gasteiger partial charge < -0.3 is 0 Å². The Hall–Kier alpha value is -3.47. The molecule has 0 aliphatic rings. The van der Waals surface area contributed by atoms with Gasteiger partial charge in [0.15, 0.2) is 0 Å². The minimum absolute atomic E-state index is 0.536. The van der Waals surface area contributed by atoms with Crippen molar-refractivity contribution in [3.8, 4) is 22.3 Å². The van der Waals surface area contributed by atoms with Gasteiger partial charge in [-0.3, -0.25) is 0 Å². The zero-order chi connectivity index (χ0) is 24.9. The van der Waals surface area contributed by atoms with E-state index in [0.29, 0.717) is 0 Å². The van der Waals surface area contributed by atoms with Crippen LogP contribution in [0, 0.1) is 13.8 Å². The zero-order valence-electron chi connectivity index (χ0n) is 21.4. The second kappa shape index (κ2) is 11.1. The van der Waals surface area contributed by atoms with Crippen LogP contribution in [0.25, 0.3) is 22.3 Å². The molecule has 5 aromatic rings. The van der Waals surface area contributed by atoms with Gasteiger partial charge in [0.05, 0.1) is 0 Å². The van der Waals surface area contributed by atoms with Crippen molar-refractivity contribution in [2.75, 3.05) is 0 Å². The van der Waals surface area contributed by atoms with Gasteiger partial charge in [-0.25, -0.2) is 0 Å². The Kier molecular flexibility index (Phi) is 7.45. The van der Waals surface area contributed by atoms with E-state index in [-0.39, 0.29) is 0 Å². The molecule has 0 nitrogen and oxygen atoms in total. The molecule has 36 heavy (non-hydrogen) atoms. The monoisotopic (exact) mass is 484 g/mol. The maximum atomic E-state index is 2.49. The fourth-order valence-corrected chi connectivity index (χ4v) is 7.85. The van der Waals surface area contributed by atoms with E-state index >= 15 is 0 Å². The molecule has 0 heterocycles. The molecule has 0 aliphatic carbocycles. The largest absolute Gasteiger partial charge is 0.0622 e. The summed E-state index contributed by atoms with van der Waals surface area (Å²) in [4.78, 5) is 0. The van der Waals surface area contributed by atoms with Gasteiger partial charge >= 0.3 is 0 Å².